The smallest absolute Gasteiger partial charge is 0.253 e. The number of pyridine rings is 2. The van der Waals surface area contributed by atoms with E-state index in [0.717, 1.165) is 43.5 Å². The molecule has 0 saturated carbocycles. The third-order valence-electron chi connectivity index (χ3n) is 7.73. The standard InChI is InChI=1S/C30H36F3N5O/c1-19-7-11-34-17-23(19)18-38(25-5-6-26(31)27(32)16-25)24-9-13-37(14-10-24)21(3)8-12-35-30(39)29-20(2)15-28(33)36-22(29)4/h5-7,11,15-17,21,24H,8-10,12-14,18H2,1-4H3,(H,35,39). The molecule has 9 heteroatoms. The largest absolute Gasteiger partial charge is 0.364 e. The number of nitrogens with one attached hydrogen (secondary N) is 1. The lowest BCUT2D eigenvalue weighted by atomic mass is 9.99. The number of carbonyl (C=O) groups excluding carboxylic acids is 1. The Balaban J connectivity index is 1.35. The Kier molecular flexibility index (Phi) is 9.22. The van der Waals surface area contributed by atoms with E-state index < -0.39 is 17.6 Å². The van der Waals surface area contributed by atoms with Gasteiger partial charge in [0, 0.05) is 62.4 Å². The summed E-state index contributed by atoms with van der Waals surface area (Å²) in [5.41, 5.74) is 4.19. The lowest BCUT2D eigenvalue weighted by molar-refractivity contribution is 0.0943. The number of benzene rings is 1. The topological polar surface area (TPSA) is 61.4 Å². The molecule has 1 amide bonds. The number of carbonyl (C=O) groups is 1. The minimum Gasteiger partial charge on any atom is -0.364 e. The number of hydrogen-bond donors (Lipinski definition) is 1. The van der Waals surface area contributed by atoms with Crippen LogP contribution in [0.15, 0.2) is 42.7 Å². The van der Waals surface area contributed by atoms with Gasteiger partial charge in [-0.15, -0.1) is 0 Å². The van der Waals surface area contributed by atoms with Crippen molar-refractivity contribution in [2.45, 2.75) is 65.6 Å². The van der Waals surface area contributed by atoms with Gasteiger partial charge in [-0.3, -0.25) is 9.78 Å². The van der Waals surface area contributed by atoms with Crippen LogP contribution in [-0.2, 0) is 6.54 Å². The summed E-state index contributed by atoms with van der Waals surface area (Å²) < 4.78 is 41.3. The van der Waals surface area contributed by atoms with E-state index in [0.29, 0.717) is 35.6 Å². The van der Waals surface area contributed by atoms with Crippen LogP contribution >= 0.6 is 0 Å². The first-order valence-electron chi connectivity index (χ1n) is 13.4. The summed E-state index contributed by atoms with van der Waals surface area (Å²) in [7, 11) is 0. The van der Waals surface area contributed by atoms with Crippen LogP contribution in [0.25, 0.3) is 0 Å². The van der Waals surface area contributed by atoms with Gasteiger partial charge < -0.3 is 15.1 Å². The van der Waals surface area contributed by atoms with Crippen LogP contribution in [-0.4, -0.2) is 52.5 Å². The van der Waals surface area contributed by atoms with Crippen molar-refractivity contribution in [3.8, 4) is 0 Å². The van der Waals surface area contributed by atoms with Crippen LogP contribution in [0.1, 0.15) is 58.9 Å². The van der Waals surface area contributed by atoms with E-state index >= 15 is 0 Å². The van der Waals surface area contributed by atoms with Crippen molar-refractivity contribution in [1.29, 1.82) is 0 Å². The number of aromatic nitrogens is 2. The van der Waals surface area contributed by atoms with Crippen molar-refractivity contribution in [3.05, 3.63) is 88.3 Å². The zero-order valence-corrected chi connectivity index (χ0v) is 23.0. The predicted octanol–water partition coefficient (Wildman–Crippen LogP) is 5.50. The van der Waals surface area contributed by atoms with E-state index in [1.165, 1.54) is 18.2 Å². The minimum atomic E-state index is -0.854. The number of rotatable bonds is 9. The Morgan fingerprint density at radius 1 is 1.08 bits per heavy atom. The number of nitrogens with zero attached hydrogens (tertiary/aromatic N) is 4. The van der Waals surface area contributed by atoms with Gasteiger partial charge in [-0.1, -0.05) is 0 Å². The summed E-state index contributed by atoms with van der Waals surface area (Å²) in [6.07, 6.45) is 6.09. The van der Waals surface area contributed by atoms with Gasteiger partial charge in [0.05, 0.1) is 11.3 Å². The molecule has 208 valence electrons. The molecule has 0 bridgehead atoms. The highest BCUT2D eigenvalue weighted by molar-refractivity contribution is 5.96. The highest BCUT2D eigenvalue weighted by Crippen LogP contribution is 2.28. The van der Waals surface area contributed by atoms with Gasteiger partial charge in [0.25, 0.3) is 5.91 Å². The highest BCUT2D eigenvalue weighted by Gasteiger charge is 2.28. The molecule has 0 radical (unpaired) electrons. The van der Waals surface area contributed by atoms with Crippen molar-refractivity contribution in [1.82, 2.24) is 20.2 Å². The zero-order chi connectivity index (χ0) is 28.1. The second kappa shape index (κ2) is 12.6. The fourth-order valence-corrected chi connectivity index (χ4v) is 5.37. The van der Waals surface area contributed by atoms with Crippen molar-refractivity contribution >= 4 is 11.6 Å². The van der Waals surface area contributed by atoms with Crippen LogP contribution in [0.2, 0.25) is 0 Å². The van der Waals surface area contributed by atoms with Crippen molar-refractivity contribution < 1.29 is 18.0 Å². The van der Waals surface area contributed by atoms with Gasteiger partial charge in [0.15, 0.2) is 11.6 Å². The second-order valence-corrected chi connectivity index (χ2v) is 10.4. The van der Waals surface area contributed by atoms with Gasteiger partial charge in [-0.25, -0.2) is 13.8 Å². The van der Waals surface area contributed by atoms with Gasteiger partial charge in [-0.2, -0.15) is 4.39 Å². The highest BCUT2D eigenvalue weighted by atomic mass is 19.2. The molecule has 0 spiro atoms. The van der Waals surface area contributed by atoms with E-state index in [1.54, 1.807) is 26.1 Å². The fraction of sp³-hybridized carbons (Fsp3) is 0.433. The van der Waals surface area contributed by atoms with Crippen LogP contribution in [0.3, 0.4) is 0 Å². The Morgan fingerprint density at radius 2 is 1.82 bits per heavy atom. The number of likely N-dealkylation sites (tertiary alicyclic amines) is 1. The molecule has 3 heterocycles. The van der Waals surface area contributed by atoms with E-state index in [2.05, 4.69) is 32.0 Å². The minimum absolute atomic E-state index is 0.162. The maximum absolute atomic E-state index is 14.2. The second-order valence-electron chi connectivity index (χ2n) is 10.4. The molecule has 1 aliphatic rings. The molecule has 4 rings (SSSR count). The number of halogens is 3. The summed E-state index contributed by atoms with van der Waals surface area (Å²) in [6, 6.07) is 7.74. The quantitative estimate of drug-likeness (QED) is 0.364. The third-order valence-corrected chi connectivity index (χ3v) is 7.73. The summed E-state index contributed by atoms with van der Waals surface area (Å²) in [6.45, 7) is 10.3. The molecule has 1 N–H and O–H groups in total. The molecule has 6 nitrogen and oxygen atoms in total. The maximum atomic E-state index is 14.2. The van der Waals surface area contributed by atoms with Gasteiger partial charge >= 0.3 is 0 Å². The van der Waals surface area contributed by atoms with E-state index in [9.17, 15) is 18.0 Å². The molecule has 0 aliphatic carbocycles. The van der Waals surface area contributed by atoms with Crippen LogP contribution in [0.4, 0.5) is 18.9 Å². The first-order valence-corrected chi connectivity index (χ1v) is 13.4. The van der Waals surface area contributed by atoms with Crippen LogP contribution < -0.4 is 10.2 Å². The van der Waals surface area contributed by atoms with Crippen molar-refractivity contribution in [2.75, 3.05) is 24.5 Å². The van der Waals surface area contributed by atoms with Gasteiger partial charge in [-0.05, 0) is 87.9 Å². The number of hydrogen-bond acceptors (Lipinski definition) is 5. The normalized spacial score (nSPS) is 15.3. The third kappa shape index (κ3) is 6.95. The number of aryl methyl sites for hydroxylation is 3. The predicted molar refractivity (Wildman–Crippen MR) is 146 cm³/mol. The van der Waals surface area contributed by atoms with Gasteiger partial charge in [0.2, 0.25) is 5.95 Å². The molecular weight excluding hydrogens is 503 g/mol. The maximum Gasteiger partial charge on any atom is 0.253 e. The Bertz CT molecular complexity index is 1290. The summed E-state index contributed by atoms with van der Waals surface area (Å²) >= 11 is 0. The van der Waals surface area contributed by atoms with Crippen LogP contribution in [0.5, 0.6) is 0 Å². The first kappa shape index (κ1) is 28.5. The molecule has 1 saturated heterocycles. The van der Waals surface area contributed by atoms with Gasteiger partial charge in [0.1, 0.15) is 0 Å². The number of amides is 1. The van der Waals surface area contributed by atoms with Crippen LogP contribution in [0, 0.1) is 38.4 Å². The van der Waals surface area contributed by atoms with Crippen molar-refractivity contribution in [2.24, 2.45) is 0 Å². The molecule has 1 aliphatic heterocycles. The first-order chi connectivity index (χ1) is 18.6. The van der Waals surface area contributed by atoms with E-state index in [4.69, 9.17) is 0 Å². The average Bonchev–Trinajstić information content (AvgIpc) is 2.89. The molecule has 1 aromatic carbocycles. The summed E-state index contributed by atoms with van der Waals surface area (Å²) in [5, 5.41) is 2.95. The molecule has 1 unspecified atom stereocenters. The SMILES string of the molecule is Cc1ccncc1CN(c1ccc(F)c(F)c1)C1CCN(C(C)CCNC(=O)c2c(C)cc(F)nc2C)CC1. The molecule has 3 aromatic rings. The molecule has 1 atom stereocenters. The Hall–Kier alpha value is -3.46. The molecule has 2 aromatic heterocycles. The molecular formula is C30H36F3N5O. The lowest BCUT2D eigenvalue weighted by Crippen LogP contribution is -2.48. The zero-order valence-electron chi connectivity index (χ0n) is 23.0. The Morgan fingerprint density at radius 3 is 2.49 bits per heavy atom. The average molecular weight is 540 g/mol. The van der Waals surface area contributed by atoms with Crippen molar-refractivity contribution in [3.63, 3.8) is 0 Å². The number of piperidine rings is 1. The summed E-state index contributed by atoms with van der Waals surface area (Å²) in [5.74, 6) is -2.53. The molecule has 1 fully saturated rings. The lowest BCUT2D eigenvalue weighted by Gasteiger charge is -2.42. The van der Waals surface area contributed by atoms with E-state index in [-0.39, 0.29) is 18.0 Å². The summed E-state index contributed by atoms with van der Waals surface area (Å²) in [4.78, 5) is 25.3. The van der Waals surface area contributed by atoms with E-state index in [1.807, 2.05) is 19.2 Å². The number of anilines is 1. The fourth-order valence-electron chi connectivity index (χ4n) is 5.37. The Labute approximate surface area is 228 Å². The molecule has 39 heavy (non-hydrogen) atoms. The monoisotopic (exact) mass is 539 g/mol.